The zero-order valence-electron chi connectivity index (χ0n) is 8.68. The van der Waals surface area contributed by atoms with Crippen LogP contribution in [0.25, 0.3) is 5.69 Å². The van der Waals surface area contributed by atoms with Gasteiger partial charge in [-0.3, -0.25) is 0 Å². The molecule has 1 heterocycles. The van der Waals surface area contributed by atoms with E-state index in [0.29, 0.717) is 10.9 Å². The van der Waals surface area contributed by atoms with Gasteiger partial charge in [0.05, 0.1) is 10.7 Å². The third-order valence-corrected chi connectivity index (χ3v) is 2.59. The van der Waals surface area contributed by atoms with Crippen molar-refractivity contribution < 1.29 is 0 Å². The predicted molar refractivity (Wildman–Crippen MR) is 60.5 cm³/mol. The summed E-state index contributed by atoms with van der Waals surface area (Å²) >= 11 is 6.18. The summed E-state index contributed by atoms with van der Waals surface area (Å²) in [5, 5.41) is 4.81. The summed E-state index contributed by atoms with van der Waals surface area (Å²) in [5.41, 5.74) is 2.10. The van der Waals surface area contributed by atoms with Gasteiger partial charge in [-0.25, -0.2) is 9.67 Å². The van der Waals surface area contributed by atoms with Gasteiger partial charge in [0.25, 0.3) is 0 Å². The summed E-state index contributed by atoms with van der Waals surface area (Å²) in [4.78, 5) is 3.93. The number of para-hydroxylation sites is 1. The molecule has 3 nitrogen and oxygen atoms in total. The minimum Gasteiger partial charge on any atom is -0.223 e. The monoisotopic (exact) mass is 221 g/mol. The first-order valence-corrected chi connectivity index (χ1v) is 5.21. The Morgan fingerprint density at radius 2 is 2.13 bits per heavy atom. The molecule has 78 valence electrons. The standard InChI is InChI=1S/C11H12ClN3/c1-8(2)9-4-3-5-10(12)11(9)15-7-13-6-14-15/h3-8H,1-2H3. The third-order valence-electron chi connectivity index (χ3n) is 2.29. The van der Waals surface area contributed by atoms with Crippen molar-refractivity contribution in [2.75, 3.05) is 0 Å². The average molecular weight is 222 g/mol. The molecule has 0 unspecified atom stereocenters. The molecular formula is C11H12ClN3. The van der Waals surface area contributed by atoms with E-state index in [-0.39, 0.29) is 0 Å². The maximum absolute atomic E-state index is 6.18. The van der Waals surface area contributed by atoms with Crippen LogP contribution in [0.5, 0.6) is 0 Å². The quantitative estimate of drug-likeness (QED) is 0.781. The smallest absolute Gasteiger partial charge is 0.138 e. The zero-order valence-corrected chi connectivity index (χ0v) is 9.44. The van der Waals surface area contributed by atoms with E-state index in [4.69, 9.17) is 11.6 Å². The molecule has 0 saturated heterocycles. The Labute approximate surface area is 93.7 Å². The van der Waals surface area contributed by atoms with Crippen molar-refractivity contribution in [1.29, 1.82) is 0 Å². The van der Waals surface area contributed by atoms with Crippen LogP contribution in [0, 0.1) is 0 Å². The summed E-state index contributed by atoms with van der Waals surface area (Å²) in [6.45, 7) is 4.26. The molecule has 0 fully saturated rings. The number of rotatable bonds is 2. The zero-order chi connectivity index (χ0) is 10.8. The van der Waals surface area contributed by atoms with Crippen molar-refractivity contribution in [2.24, 2.45) is 0 Å². The van der Waals surface area contributed by atoms with Crippen LogP contribution in [0.3, 0.4) is 0 Å². The Kier molecular flexibility index (Phi) is 2.73. The summed E-state index contributed by atoms with van der Waals surface area (Å²) < 4.78 is 1.71. The van der Waals surface area contributed by atoms with E-state index in [2.05, 4.69) is 30.0 Å². The molecule has 1 aromatic carbocycles. The lowest BCUT2D eigenvalue weighted by atomic mass is 10.0. The number of nitrogens with zero attached hydrogens (tertiary/aromatic N) is 3. The van der Waals surface area contributed by atoms with Gasteiger partial charge in [-0.05, 0) is 17.5 Å². The van der Waals surface area contributed by atoms with Crippen molar-refractivity contribution >= 4 is 11.6 Å². The van der Waals surface area contributed by atoms with Crippen molar-refractivity contribution in [3.05, 3.63) is 41.4 Å². The van der Waals surface area contributed by atoms with Gasteiger partial charge in [-0.15, -0.1) is 0 Å². The molecule has 0 spiro atoms. The van der Waals surface area contributed by atoms with Crippen molar-refractivity contribution in [2.45, 2.75) is 19.8 Å². The summed E-state index contributed by atoms with van der Waals surface area (Å²) in [6, 6.07) is 5.89. The Hall–Kier alpha value is -1.35. The normalized spacial score (nSPS) is 10.9. The first kappa shape index (κ1) is 10.2. The van der Waals surface area contributed by atoms with Gasteiger partial charge < -0.3 is 0 Å². The van der Waals surface area contributed by atoms with Crippen molar-refractivity contribution in [3.8, 4) is 5.69 Å². The van der Waals surface area contributed by atoms with E-state index in [9.17, 15) is 0 Å². The highest BCUT2D eigenvalue weighted by molar-refractivity contribution is 6.32. The topological polar surface area (TPSA) is 30.7 Å². The second-order valence-electron chi connectivity index (χ2n) is 3.67. The highest BCUT2D eigenvalue weighted by Crippen LogP contribution is 2.28. The molecular weight excluding hydrogens is 210 g/mol. The summed E-state index contributed by atoms with van der Waals surface area (Å²) in [6.07, 6.45) is 3.17. The fourth-order valence-electron chi connectivity index (χ4n) is 1.56. The highest BCUT2D eigenvalue weighted by Gasteiger charge is 2.12. The molecule has 0 bridgehead atoms. The molecule has 0 amide bonds. The fraction of sp³-hybridized carbons (Fsp3) is 0.273. The van der Waals surface area contributed by atoms with E-state index in [1.807, 2.05) is 12.1 Å². The van der Waals surface area contributed by atoms with Gasteiger partial charge in [0, 0.05) is 0 Å². The van der Waals surface area contributed by atoms with Crippen LogP contribution < -0.4 is 0 Å². The Bertz CT molecular complexity index is 449. The van der Waals surface area contributed by atoms with E-state index >= 15 is 0 Å². The molecule has 2 aromatic rings. The molecule has 0 aliphatic heterocycles. The lowest BCUT2D eigenvalue weighted by Gasteiger charge is -2.13. The number of halogens is 1. The van der Waals surface area contributed by atoms with E-state index in [1.165, 1.54) is 11.9 Å². The van der Waals surface area contributed by atoms with E-state index in [0.717, 1.165) is 5.69 Å². The molecule has 0 aliphatic rings. The largest absolute Gasteiger partial charge is 0.223 e. The van der Waals surface area contributed by atoms with Gasteiger partial charge in [-0.1, -0.05) is 37.6 Å². The van der Waals surface area contributed by atoms with E-state index in [1.54, 1.807) is 11.0 Å². The van der Waals surface area contributed by atoms with Gasteiger partial charge in [-0.2, -0.15) is 5.10 Å². The van der Waals surface area contributed by atoms with E-state index < -0.39 is 0 Å². The first-order valence-electron chi connectivity index (χ1n) is 4.83. The molecule has 0 atom stereocenters. The summed E-state index contributed by atoms with van der Waals surface area (Å²) in [5.74, 6) is 0.405. The minimum absolute atomic E-state index is 0.405. The number of hydrogen-bond acceptors (Lipinski definition) is 2. The van der Waals surface area contributed by atoms with Crippen molar-refractivity contribution in [1.82, 2.24) is 14.8 Å². The van der Waals surface area contributed by atoms with Crippen LogP contribution in [0.2, 0.25) is 5.02 Å². The Morgan fingerprint density at radius 1 is 1.33 bits per heavy atom. The van der Waals surface area contributed by atoms with Crippen LogP contribution in [0.1, 0.15) is 25.3 Å². The summed E-state index contributed by atoms with van der Waals surface area (Å²) in [7, 11) is 0. The average Bonchev–Trinajstić information content (AvgIpc) is 2.70. The minimum atomic E-state index is 0.405. The molecule has 0 aliphatic carbocycles. The maximum atomic E-state index is 6.18. The lowest BCUT2D eigenvalue weighted by Crippen LogP contribution is -2.02. The van der Waals surface area contributed by atoms with Crippen LogP contribution in [-0.4, -0.2) is 14.8 Å². The van der Waals surface area contributed by atoms with Gasteiger partial charge >= 0.3 is 0 Å². The SMILES string of the molecule is CC(C)c1cccc(Cl)c1-n1cncn1. The van der Waals surface area contributed by atoms with Gasteiger partial charge in [0.1, 0.15) is 12.7 Å². The maximum Gasteiger partial charge on any atom is 0.138 e. The molecule has 0 saturated carbocycles. The predicted octanol–water partition coefficient (Wildman–Crippen LogP) is 3.04. The number of benzene rings is 1. The van der Waals surface area contributed by atoms with Crippen LogP contribution in [-0.2, 0) is 0 Å². The van der Waals surface area contributed by atoms with Gasteiger partial charge in [0.15, 0.2) is 0 Å². The van der Waals surface area contributed by atoms with Crippen molar-refractivity contribution in [3.63, 3.8) is 0 Å². The second-order valence-corrected chi connectivity index (χ2v) is 4.08. The molecule has 4 heteroatoms. The van der Waals surface area contributed by atoms with Crippen LogP contribution in [0.4, 0.5) is 0 Å². The van der Waals surface area contributed by atoms with Crippen LogP contribution in [0.15, 0.2) is 30.9 Å². The first-order chi connectivity index (χ1) is 7.20. The number of aromatic nitrogens is 3. The molecule has 15 heavy (non-hydrogen) atoms. The molecule has 1 aromatic heterocycles. The molecule has 0 radical (unpaired) electrons. The third kappa shape index (κ3) is 1.88. The number of hydrogen-bond donors (Lipinski definition) is 0. The molecule has 0 N–H and O–H groups in total. The van der Waals surface area contributed by atoms with Crippen LogP contribution >= 0.6 is 11.6 Å². The Morgan fingerprint density at radius 3 is 2.73 bits per heavy atom. The second kappa shape index (κ2) is 4.03. The Balaban J connectivity index is 2.63. The molecule has 2 rings (SSSR count). The van der Waals surface area contributed by atoms with Gasteiger partial charge in [0.2, 0.25) is 0 Å². The highest BCUT2D eigenvalue weighted by atomic mass is 35.5. The lowest BCUT2D eigenvalue weighted by molar-refractivity contribution is 0.808. The fourth-order valence-corrected chi connectivity index (χ4v) is 1.83.